The molecule has 0 saturated heterocycles. The number of rotatable bonds is 4. The Balaban J connectivity index is 2.28. The van der Waals surface area contributed by atoms with Gasteiger partial charge in [-0.2, -0.15) is 0 Å². The van der Waals surface area contributed by atoms with E-state index >= 15 is 0 Å². The number of hydrogen-bond acceptors (Lipinski definition) is 2. The topological polar surface area (TPSA) is 26.3 Å². The predicted molar refractivity (Wildman–Crippen MR) is 100 cm³/mol. The number of hydrogen-bond donors (Lipinski definition) is 0. The molecule has 0 aliphatic carbocycles. The zero-order valence-electron chi connectivity index (χ0n) is 14.3. The predicted octanol–water partition coefficient (Wildman–Crippen LogP) is 6.20. The summed E-state index contributed by atoms with van der Waals surface area (Å²) in [4.78, 5) is 10.7. The molecule has 0 saturated carbocycles. The SMILES string of the molecule is CC(C)(C)[Si](C)(C)Oc1ccc(-c2ccc(C=O)cc2)cc1Cl. The molecule has 0 N–H and O–H groups in total. The van der Waals surface area contributed by atoms with Gasteiger partial charge in [-0.25, -0.2) is 0 Å². The molecule has 0 unspecified atom stereocenters. The van der Waals surface area contributed by atoms with Gasteiger partial charge in [-0.15, -0.1) is 0 Å². The van der Waals surface area contributed by atoms with Crippen molar-refractivity contribution in [2.75, 3.05) is 0 Å². The van der Waals surface area contributed by atoms with Crippen molar-refractivity contribution >= 4 is 26.2 Å². The van der Waals surface area contributed by atoms with Gasteiger partial charge in [0, 0.05) is 5.56 Å². The molecule has 0 atom stereocenters. The Bertz CT molecular complexity index is 700. The highest BCUT2D eigenvalue weighted by Crippen LogP contribution is 2.40. The Labute approximate surface area is 144 Å². The summed E-state index contributed by atoms with van der Waals surface area (Å²) >= 11 is 6.44. The van der Waals surface area contributed by atoms with Crippen molar-refractivity contribution in [1.29, 1.82) is 0 Å². The number of aldehydes is 1. The third kappa shape index (κ3) is 4.04. The molecule has 0 aliphatic rings. The van der Waals surface area contributed by atoms with Gasteiger partial charge < -0.3 is 4.43 Å². The first-order chi connectivity index (χ1) is 10.6. The van der Waals surface area contributed by atoms with E-state index in [1.54, 1.807) is 12.1 Å². The summed E-state index contributed by atoms with van der Waals surface area (Å²) in [6.07, 6.45) is 0.840. The lowest BCUT2D eigenvalue weighted by Gasteiger charge is -2.36. The molecule has 23 heavy (non-hydrogen) atoms. The molecule has 0 aliphatic heterocycles. The van der Waals surface area contributed by atoms with Crippen LogP contribution in [0, 0.1) is 0 Å². The molecule has 2 aromatic carbocycles. The Morgan fingerprint density at radius 3 is 2.04 bits per heavy atom. The second-order valence-electron chi connectivity index (χ2n) is 7.25. The van der Waals surface area contributed by atoms with Gasteiger partial charge in [0.1, 0.15) is 12.0 Å². The van der Waals surface area contributed by atoms with Gasteiger partial charge in [0.15, 0.2) is 0 Å². The molecule has 0 spiro atoms. The Hall–Kier alpha value is -1.58. The number of benzene rings is 2. The number of carbonyl (C=O) groups excluding carboxylic acids is 1. The second-order valence-corrected chi connectivity index (χ2v) is 12.4. The lowest BCUT2D eigenvalue weighted by atomic mass is 10.0. The number of carbonyl (C=O) groups is 1. The Kier molecular flexibility index (Phi) is 5.02. The second kappa shape index (κ2) is 6.50. The normalized spacial score (nSPS) is 12.1. The van der Waals surface area contributed by atoms with Gasteiger partial charge in [-0.05, 0) is 41.4 Å². The minimum absolute atomic E-state index is 0.125. The third-order valence-corrected chi connectivity index (χ3v) is 9.12. The van der Waals surface area contributed by atoms with Gasteiger partial charge >= 0.3 is 0 Å². The van der Waals surface area contributed by atoms with Crippen molar-refractivity contribution in [1.82, 2.24) is 0 Å². The van der Waals surface area contributed by atoms with Crippen molar-refractivity contribution in [3.05, 3.63) is 53.1 Å². The fraction of sp³-hybridized carbons (Fsp3) is 0.316. The van der Waals surface area contributed by atoms with E-state index < -0.39 is 8.32 Å². The van der Waals surface area contributed by atoms with E-state index in [-0.39, 0.29) is 5.04 Å². The zero-order chi connectivity index (χ0) is 17.3. The van der Waals surface area contributed by atoms with E-state index in [4.69, 9.17) is 16.0 Å². The first kappa shape index (κ1) is 17.8. The summed E-state index contributed by atoms with van der Waals surface area (Å²) in [6.45, 7) is 11.0. The van der Waals surface area contributed by atoms with E-state index in [0.717, 1.165) is 23.2 Å². The molecule has 0 amide bonds. The van der Waals surface area contributed by atoms with Crippen LogP contribution in [0.15, 0.2) is 42.5 Å². The van der Waals surface area contributed by atoms with Crippen LogP contribution in [0.2, 0.25) is 23.2 Å². The van der Waals surface area contributed by atoms with Gasteiger partial charge in [-0.3, -0.25) is 4.79 Å². The van der Waals surface area contributed by atoms with Crippen LogP contribution in [0.4, 0.5) is 0 Å². The molecule has 2 rings (SSSR count). The van der Waals surface area contributed by atoms with Crippen molar-refractivity contribution in [2.45, 2.75) is 38.9 Å². The molecule has 2 nitrogen and oxygen atoms in total. The van der Waals surface area contributed by atoms with Crippen LogP contribution < -0.4 is 4.43 Å². The highest BCUT2D eigenvalue weighted by Gasteiger charge is 2.39. The quantitative estimate of drug-likeness (QED) is 0.486. The molecule has 4 heteroatoms. The summed E-state index contributed by atoms with van der Waals surface area (Å²) in [7, 11) is -1.91. The van der Waals surface area contributed by atoms with Gasteiger partial charge in [0.25, 0.3) is 8.32 Å². The van der Waals surface area contributed by atoms with E-state index in [1.807, 2.05) is 30.3 Å². The largest absolute Gasteiger partial charge is 0.543 e. The lowest BCUT2D eigenvalue weighted by molar-refractivity contribution is 0.112. The highest BCUT2D eigenvalue weighted by molar-refractivity contribution is 6.74. The molecule has 0 radical (unpaired) electrons. The van der Waals surface area contributed by atoms with E-state index in [2.05, 4.69) is 33.9 Å². The van der Waals surface area contributed by atoms with Crippen LogP contribution in [-0.2, 0) is 0 Å². The van der Waals surface area contributed by atoms with E-state index in [0.29, 0.717) is 10.6 Å². The molecular weight excluding hydrogens is 324 g/mol. The van der Waals surface area contributed by atoms with Crippen LogP contribution in [0.1, 0.15) is 31.1 Å². The average Bonchev–Trinajstić information content (AvgIpc) is 2.48. The average molecular weight is 347 g/mol. The Morgan fingerprint density at radius 2 is 1.57 bits per heavy atom. The molecule has 0 aromatic heterocycles. The summed E-state index contributed by atoms with van der Waals surface area (Å²) in [5.74, 6) is 0.742. The fourth-order valence-electron chi connectivity index (χ4n) is 1.95. The molecule has 0 fully saturated rings. The summed E-state index contributed by atoms with van der Waals surface area (Å²) in [5.41, 5.74) is 2.70. The zero-order valence-corrected chi connectivity index (χ0v) is 16.1. The summed E-state index contributed by atoms with van der Waals surface area (Å²) < 4.78 is 6.29. The van der Waals surface area contributed by atoms with E-state index in [1.165, 1.54) is 0 Å². The lowest BCUT2D eigenvalue weighted by Crippen LogP contribution is -2.43. The van der Waals surface area contributed by atoms with Crippen LogP contribution in [0.3, 0.4) is 0 Å². The standard InChI is InChI=1S/C19H23ClO2Si/c1-19(2,3)23(4,5)22-18-11-10-16(12-17(18)20)15-8-6-14(13-21)7-9-15/h6-13H,1-5H3. The fourth-order valence-corrected chi connectivity index (χ4v) is 3.26. The molecule has 0 bridgehead atoms. The van der Waals surface area contributed by atoms with Gasteiger partial charge in [0.05, 0.1) is 5.02 Å². The first-order valence-electron chi connectivity index (χ1n) is 7.68. The minimum Gasteiger partial charge on any atom is -0.543 e. The molecular formula is C19H23ClO2Si. The van der Waals surface area contributed by atoms with Crippen LogP contribution >= 0.6 is 11.6 Å². The number of halogens is 1. The molecule has 0 heterocycles. The molecule has 122 valence electrons. The smallest absolute Gasteiger partial charge is 0.250 e. The monoisotopic (exact) mass is 346 g/mol. The first-order valence-corrected chi connectivity index (χ1v) is 11.0. The maximum Gasteiger partial charge on any atom is 0.250 e. The van der Waals surface area contributed by atoms with Crippen molar-refractivity contribution < 1.29 is 9.22 Å². The van der Waals surface area contributed by atoms with Crippen molar-refractivity contribution in [3.63, 3.8) is 0 Å². The maximum atomic E-state index is 10.7. The molecule has 2 aromatic rings. The minimum atomic E-state index is -1.91. The highest BCUT2D eigenvalue weighted by atomic mass is 35.5. The van der Waals surface area contributed by atoms with E-state index in [9.17, 15) is 4.79 Å². The van der Waals surface area contributed by atoms with Crippen LogP contribution in [-0.4, -0.2) is 14.6 Å². The van der Waals surface area contributed by atoms with Gasteiger partial charge in [0.2, 0.25) is 0 Å². The van der Waals surface area contributed by atoms with Crippen LogP contribution in [0.25, 0.3) is 11.1 Å². The summed E-state index contributed by atoms with van der Waals surface area (Å²) in [5, 5.41) is 0.742. The third-order valence-electron chi connectivity index (χ3n) is 4.48. The maximum absolute atomic E-state index is 10.7. The van der Waals surface area contributed by atoms with Crippen molar-refractivity contribution in [2.24, 2.45) is 0 Å². The van der Waals surface area contributed by atoms with Crippen molar-refractivity contribution in [3.8, 4) is 16.9 Å². The van der Waals surface area contributed by atoms with Gasteiger partial charge in [-0.1, -0.05) is 62.7 Å². The Morgan fingerprint density at radius 1 is 1.00 bits per heavy atom. The van der Waals surface area contributed by atoms with Crippen LogP contribution in [0.5, 0.6) is 5.75 Å². The summed E-state index contributed by atoms with van der Waals surface area (Å²) in [6, 6.07) is 13.3.